The van der Waals surface area contributed by atoms with Crippen molar-refractivity contribution in [2.75, 3.05) is 0 Å². The molecule has 1 aliphatic carbocycles. The molecule has 2 unspecified atom stereocenters. The lowest BCUT2D eigenvalue weighted by molar-refractivity contribution is 0.506. The largest absolute Gasteiger partial charge is 0.303 e. The highest BCUT2D eigenvalue weighted by Gasteiger charge is 2.30. The summed E-state index contributed by atoms with van der Waals surface area (Å²) < 4.78 is 3.13. The van der Waals surface area contributed by atoms with Crippen LogP contribution in [0.3, 0.4) is 0 Å². The number of nitrogens with one attached hydrogen (secondary N) is 1. The van der Waals surface area contributed by atoms with Crippen LogP contribution in [0.25, 0.3) is 0 Å². The van der Waals surface area contributed by atoms with Gasteiger partial charge in [0.2, 0.25) is 0 Å². The average molecular weight is 369 g/mol. The van der Waals surface area contributed by atoms with Gasteiger partial charge in [-0.1, -0.05) is 24.3 Å². The van der Waals surface area contributed by atoms with E-state index in [1.165, 1.54) is 16.8 Å². The molecule has 0 radical (unpaired) electrons. The summed E-state index contributed by atoms with van der Waals surface area (Å²) in [5.74, 6) is 0. The van der Waals surface area contributed by atoms with Gasteiger partial charge in [-0.25, -0.2) is 0 Å². The van der Waals surface area contributed by atoms with Crippen LogP contribution in [0.2, 0.25) is 0 Å². The molecule has 3 rings (SSSR count). The van der Waals surface area contributed by atoms with Crippen LogP contribution in [0.5, 0.6) is 0 Å². The molecule has 112 valence electrons. The summed E-state index contributed by atoms with van der Waals surface area (Å²) in [6, 6.07) is 8.71. The molecule has 5 heteroatoms. The van der Waals surface area contributed by atoms with Crippen molar-refractivity contribution in [2.24, 2.45) is 0 Å². The summed E-state index contributed by atoms with van der Waals surface area (Å²) >= 11 is 10.2. The number of benzene rings is 1. The SMILES string of the molecule is CCn1nc(C)c(Br)c1CNC1c2ccccc2CC1Cl. The second-order valence-electron chi connectivity index (χ2n) is 5.44. The Morgan fingerprint density at radius 1 is 1.43 bits per heavy atom. The highest BCUT2D eigenvalue weighted by atomic mass is 79.9. The number of nitrogens with zero attached hydrogens (tertiary/aromatic N) is 2. The van der Waals surface area contributed by atoms with Crippen LogP contribution >= 0.6 is 27.5 Å². The quantitative estimate of drug-likeness (QED) is 0.828. The number of hydrogen-bond acceptors (Lipinski definition) is 2. The number of rotatable bonds is 4. The molecule has 0 spiro atoms. The fraction of sp³-hybridized carbons (Fsp3) is 0.438. The van der Waals surface area contributed by atoms with Crippen molar-refractivity contribution in [1.29, 1.82) is 0 Å². The number of hydrogen-bond donors (Lipinski definition) is 1. The summed E-state index contributed by atoms with van der Waals surface area (Å²) in [6.07, 6.45) is 0.933. The first-order valence-electron chi connectivity index (χ1n) is 7.28. The van der Waals surface area contributed by atoms with Crippen molar-refractivity contribution in [3.63, 3.8) is 0 Å². The van der Waals surface area contributed by atoms with Crippen molar-refractivity contribution in [3.05, 3.63) is 51.3 Å². The Morgan fingerprint density at radius 2 is 2.19 bits per heavy atom. The molecule has 21 heavy (non-hydrogen) atoms. The molecule has 0 saturated heterocycles. The minimum absolute atomic E-state index is 0.111. The second kappa shape index (κ2) is 6.11. The van der Waals surface area contributed by atoms with Crippen LogP contribution in [0.15, 0.2) is 28.7 Å². The summed E-state index contributed by atoms with van der Waals surface area (Å²) in [4.78, 5) is 0. The maximum absolute atomic E-state index is 6.53. The van der Waals surface area contributed by atoms with Gasteiger partial charge in [0.1, 0.15) is 0 Å². The predicted octanol–water partition coefficient (Wildman–Crippen LogP) is 3.97. The highest BCUT2D eigenvalue weighted by Crippen LogP contribution is 2.35. The van der Waals surface area contributed by atoms with E-state index in [1.54, 1.807) is 0 Å². The Hall–Kier alpha value is -0.840. The van der Waals surface area contributed by atoms with E-state index in [2.05, 4.69) is 57.5 Å². The lowest BCUT2D eigenvalue weighted by Crippen LogP contribution is -2.26. The van der Waals surface area contributed by atoms with Crippen molar-refractivity contribution in [1.82, 2.24) is 15.1 Å². The fourth-order valence-corrected chi connectivity index (χ4v) is 3.84. The third kappa shape index (κ3) is 2.77. The monoisotopic (exact) mass is 367 g/mol. The topological polar surface area (TPSA) is 29.9 Å². The third-order valence-corrected chi connectivity index (χ3v) is 5.55. The van der Waals surface area contributed by atoms with Crippen LogP contribution in [0.4, 0.5) is 0 Å². The maximum atomic E-state index is 6.53. The number of aromatic nitrogens is 2. The van der Waals surface area contributed by atoms with E-state index in [1.807, 2.05) is 11.6 Å². The van der Waals surface area contributed by atoms with Gasteiger partial charge in [0.25, 0.3) is 0 Å². The van der Waals surface area contributed by atoms with Gasteiger partial charge < -0.3 is 5.32 Å². The number of fused-ring (bicyclic) bond motifs is 1. The molecule has 2 atom stereocenters. The summed E-state index contributed by atoms with van der Waals surface area (Å²) in [7, 11) is 0. The van der Waals surface area contributed by atoms with Crippen molar-refractivity contribution in [2.45, 2.75) is 44.8 Å². The molecule has 1 aliphatic rings. The van der Waals surface area contributed by atoms with Crippen LogP contribution < -0.4 is 5.32 Å². The van der Waals surface area contributed by atoms with Crippen LogP contribution in [0.1, 0.15) is 35.5 Å². The standard InChI is InChI=1S/C16H19BrClN3/c1-3-21-14(15(17)10(2)20-21)9-19-16-12-7-5-4-6-11(12)8-13(16)18/h4-7,13,16,19H,3,8-9H2,1-2H3. The Kier molecular flexibility index (Phi) is 4.38. The molecule has 3 nitrogen and oxygen atoms in total. The zero-order chi connectivity index (χ0) is 15.0. The molecule has 0 fully saturated rings. The van der Waals surface area contributed by atoms with E-state index < -0.39 is 0 Å². The van der Waals surface area contributed by atoms with Crippen molar-refractivity contribution >= 4 is 27.5 Å². The van der Waals surface area contributed by atoms with Gasteiger partial charge in [-0.15, -0.1) is 11.6 Å². The van der Waals surface area contributed by atoms with Gasteiger partial charge in [0.05, 0.1) is 21.2 Å². The first-order valence-corrected chi connectivity index (χ1v) is 8.51. The lowest BCUT2D eigenvalue weighted by Gasteiger charge is -2.18. The second-order valence-corrected chi connectivity index (χ2v) is 6.79. The van der Waals surface area contributed by atoms with E-state index in [4.69, 9.17) is 11.6 Å². The van der Waals surface area contributed by atoms with Crippen LogP contribution in [0, 0.1) is 6.92 Å². The number of halogens is 2. The molecule has 1 aromatic heterocycles. The van der Waals surface area contributed by atoms with Crippen molar-refractivity contribution < 1.29 is 0 Å². The Bertz CT molecular complexity index is 653. The normalized spacial score (nSPS) is 20.8. The molecular weight excluding hydrogens is 350 g/mol. The maximum Gasteiger partial charge on any atom is 0.0739 e. The fourth-order valence-electron chi connectivity index (χ4n) is 3.03. The van der Waals surface area contributed by atoms with Gasteiger partial charge in [0.15, 0.2) is 0 Å². The smallest absolute Gasteiger partial charge is 0.0739 e. The van der Waals surface area contributed by atoms with Gasteiger partial charge in [-0.2, -0.15) is 5.10 Å². The molecule has 0 saturated carbocycles. The molecule has 1 aromatic carbocycles. The Labute approximate surface area is 138 Å². The molecular formula is C16H19BrClN3. The summed E-state index contributed by atoms with van der Waals surface area (Å²) in [5.41, 5.74) is 4.90. The van der Waals surface area contributed by atoms with Crippen molar-refractivity contribution in [3.8, 4) is 0 Å². The van der Waals surface area contributed by atoms with Gasteiger partial charge in [-0.05, 0) is 47.3 Å². The van der Waals surface area contributed by atoms with E-state index in [0.717, 1.165) is 29.7 Å². The number of alkyl halides is 1. The third-order valence-electron chi connectivity index (χ3n) is 4.11. The number of aryl methyl sites for hydroxylation is 2. The highest BCUT2D eigenvalue weighted by molar-refractivity contribution is 9.10. The molecule has 1 N–H and O–H groups in total. The summed E-state index contributed by atoms with van der Waals surface area (Å²) in [6.45, 7) is 5.76. The molecule has 2 aromatic rings. The minimum atomic E-state index is 0.111. The van der Waals surface area contributed by atoms with Gasteiger partial charge in [-0.3, -0.25) is 4.68 Å². The average Bonchev–Trinajstić information content (AvgIpc) is 2.94. The first kappa shape index (κ1) is 15.1. The van der Waals surface area contributed by atoms with Crippen LogP contribution in [-0.2, 0) is 19.5 Å². The molecule has 0 aliphatic heterocycles. The Balaban J connectivity index is 1.80. The molecule has 0 bridgehead atoms. The van der Waals surface area contributed by atoms with E-state index in [-0.39, 0.29) is 11.4 Å². The molecule has 1 heterocycles. The van der Waals surface area contributed by atoms with Crippen LogP contribution in [-0.4, -0.2) is 15.2 Å². The minimum Gasteiger partial charge on any atom is -0.303 e. The Morgan fingerprint density at radius 3 is 2.95 bits per heavy atom. The van der Waals surface area contributed by atoms with E-state index in [0.29, 0.717) is 0 Å². The zero-order valence-corrected chi connectivity index (χ0v) is 14.6. The van der Waals surface area contributed by atoms with E-state index >= 15 is 0 Å². The molecule has 0 amide bonds. The van der Waals surface area contributed by atoms with Gasteiger partial charge >= 0.3 is 0 Å². The van der Waals surface area contributed by atoms with E-state index in [9.17, 15) is 0 Å². The first-order chi connectivity index (χ1) is 10.1. The predicted molar refractivity (Wildman–Crippen MR) is 89.7 cm³/mol. The lowest BCUT2D eigenvalue weighted by atomic mass is 10.1. The summed E-state index contributed by atoms with van der Waals surface area (Å²) in [5, 5.41) is 8.26. The van der Waals surface area contributed by atoms with Gasteiger partial charge in [0, 0.05) is 19.1 Å². The zero-order valence-electron chi connectivity index (χ0n) is 12.2.